The average Bonchev–Trinajstić information content (AvgIpc) is 2.15. The van der Waals surface area contributed by atoms with Gasteiger partial charge in [-0.15, -0.1) is 0 Å². The molecule has 0 aliphatic carbocycles. The quantitative estimate of drug-likeness (QED) is 0.888. The highest BCUT2D eigenvalue weighted by Crippen LogP contribution is 2.27. The molecule has 0 amide bonds. The average molecular weight is 255 g/mol. The molecule has 5 heteroatoms. The first-order valence-electron chi connectivity index (χ1n) is 4.49. The highest BCUT2D eigenvalue weighted by molar-refractivity contribution is 6.34. The number of nitrogens with zero attached hydrogens (tertiary/aromatic N) is 1. The highest BCUT2D eigenvalue weighted by atomic mass is 35.5. The molecule has 1 aromatic heterocycles. The Labute approximate surface area is 103 Å². The smallest absolute Gasteiger partial charge is 0.221 e. The fraction of sp³-hybridized carbons (Fsp3) is 0. The Morgan fingerprint density at radius 3 is 2.38 bits per heavy atom. The normalized spacial score (nSPS) is 10.1. The number of anilines is 1. The number of halogens is 2. The second-order valence-electron chi connectivity index (χ2n) is 3.13. The van der Waals surface area contributed by atoms with Crippen LogP contribution in [0.4, 0.5) is 5.69 Å². The summed E-state index contributed by atoms with van der Waals surface area (Å²) in [6.45, 7) is 0. The van der Waals surface area contributed by atoms with E-state index in [-0.39, 0.29) is 0 Å². The van der Waals surface area contributed by atoms with Crippen LogP contribution in [0.15, 0.2) is 36.5 Å². The molecule has 16 heavy (non-hydrogen) atoms. The van der Waals surface area contributed by atoms with Gasteiger partial charge < -0.3 is 10.5 Å². The first-order valence-corrected chi connectivity index (χ1v) is 5.24. The minimum absolute atomic E-state index is 0.401. The molecule has 0 bridgehead atoms. The molecule has 0 unspecified atom stereocenters. The Morgan fingerprint density at radius 2 is 1.75 bits per heavy atom. The summed E-state index contributed by atoms with van der Waals surface area (Å²) < 4.78 is 5.46. The van der Waals surface area contributed by atoms with Crippen molar-refractivity contribution in [2.45, 2.75) is 0 Å². The molecule has 2 N–H and O–H groups in total. The van der Waals surface area contributed by atoms with Gasteiger partial charge in [0.2, 0.25) is 5.88 Å². The van der Waals surface area contributed by atoms with Crippen molar-refractivity contribution in [1.82, 2.24) is 4.98 Å². The van der Waals surface area contributed by atoms with E-state index in [1.54, 1.807) is 36.5 Å². The van der Waals surface area contributed by atoms with Gasteiger partial charge >= 0.3 is 0 Å². The van der Waals surface area contributed by atoms with Gasteiger partial charge in [0, 0.05) is 28.0 Å². The number of nitrogen functional groups attached to an aromatic ring is 1. The molecule has 0 spiro atoms. The monoisotopic (exact) mass is 254 g/mol. The predicted octanol–water partition coefficient (Wildman–Crippen LogP) is 3.76. The standard InChI is InChI=1S/C11H8Cl2N2O/c12-7-3-8(13)5-10(4-7)16-11-6-9(14)1-2-15-11/h1-6H,(H2,14,15). The second-order valence-corrected chi connectivity index (χ2v) is 4.01. The zero-order chi connectivity index (χ0) is 11.5. The lowest BCUT2D eigenvalue weighted by molar-refractivity contribution is 0.463. The van der Waals surface area contributed by atoms with E-state index in [9.17, 15) is 0 Å². The lowest BCUT2D eigenvalue weighted by Gasteiger charge is -2.05. The molecule has 1 heterocycles. The van der Waals surface area contributed by atoms with E-state index in [0.29, 0.717) is 27.4 Å². The highest BCUT2D eigenvalue weighted by Gasteiger charge is 2.02. The Morgan fingerprint density at radius 1 is 1.06 bits per heavy atom. The first kappa shape index (κ1) is 11.0. The summed E-state index contributed by atoms with van der Waals surface area (Å²) in [5.41, 5.74) is 6.18. The third-order valence-electron chi connectivity index (χ3n) is 1.82. The molecule has 1 aromatic carbocycles. The maximum atomic E-state index is 5.84. The lowest BCUT2D eigenvalue weighted by Crippen LogP contribution is -1.90. The van der Waals surface area contributed by atoms with Crippen molar-refractivity contribution in [1.29, 1.82) is 0 Å². The third-order valence-corrected chi connectivity index (χ3v) is 2.25. The molecular weight excluding hydrogens is 247 g/mol. The van der Waals surface area contributed by atoms with Gasteiger partial charge in [-0.2, -0.15) is 0 Å². The maximum absolute atomic E-state index is 5.84. The van der Waals surface area contributed by atoms with Gasteiger partial charge in [0.25, 0.3) is 0 Å². The van der Waals surface area contributed by atoms with Crippen LogP contribution in [0.1, 0.15) is 0 Å². The van der Waals surface area contributed by atoms with E-state index < -0.39 is 0 Å². The molecular formula is C11H8Cl2N2O. The van der Waals surface area contributed by atoms with Crippen LogP contribution in [-0.2, 0) is 0 Å². The summed E-state index contributed by atoms with van der Waals surface area (Å²) in [5.74, 6) is 0.925. The van der Waals surface area contributed by atoms with Crippen LogP contribution >= 0.6 is 23.2 Å². The van der Waals surface area contributed by atoms with Gasteiger partial charge in [-0.1, -0.05) is 23.2 Å². The Balaban J connectivity index is 2.27. The van der Waals surface area contributed by atoms with Crippen molar-refractivity contribution in [3.05, 3.63) is 46.6 Å². The van der Waals surface area contributed by atoms with Crippen molar-refractivity contribution in [2.75, 3.05) is 5.73 Å². The number of pyridine rings is 1. The number of ether oxygens (including phenoxy) is 1. The van der Waals surface area contributed by atoms with E-state index in [0.717, 1.165) is 0 Å². The molecule has 0 aliphatic rings. The molecule has 0 saturated carbocycles. The maximum Gasteiger partial charge on any atom is 0.221 e. The van der Waals surface area contributed by atoms with Crippen LogP contribution in [0.3, 0.4) is 0 Å². The van der Waals surface area contributed by atoms with Gasteiger partial charge in [-0.25, -0.2) is 4.98 Å². The largest absolute Gasteiger partial charge is 0.439 e. The zero-order valence-corrected chi connectivity index (χ0v) is 9.66. The molecule has 0 atom stereocenters. The lowest BCUT2D eigenvalue weighted by atomic mass is 10.3. The number of hydrogen-bond donors (Lipinski definition) is 1. The van der Waals surface area contributed by atoms with E-state index in [4.69, 9.17) is 33.7 Å². The van der Waals surface area contributed by atoms with Gasteiger partial charge in [-0.05, 0) is 24.3 Å². The van der Waals surface area contributed by atoms with Gasteiger partial charge in [0.15, 0.2) is 0 Å². The third kappa shape index (κ3) is 2.78. The molecule has 2 rings (SSSR count). The molecule has 82 valence electrons. The van der Waals surface area contributed by atoms with Crippen molar-refractivity contribution >= 4 is 28.9 Å². The SMILES string of the molecule is Nc1ccnc(Oc2cc(Cl)cc(Cl)c2)c1. The Kier molecular flexibility index (Phi) is 3.17. The van der Waals surface area contributed by atoms with Crippen molar-refractivity contribution in [3.8, 4) is 11.6 Å². The van der Waals surface area contributed by atoms with Crippen molar-refractivity contribution < 1.29 is 4.74 Å². The number of hydrogen-bond acceptors (Lipinski definition) is 3. The van der Waals surface area contributed by atoms with Crippen LogP contribution in [0.25, 0.3) is 0 Å². The van der Waals surface area contributed by atoms with Gasteiger partial charge in [0.1, 0.15) is 5.75 Å². The fourth-order valence-electron chi connectivity index (χ4n) is 1.19. The number of benzene rings is 1. The van der Waals surface area contributed by atoms with Crippen molar-refractivity contribution in [2.24, 2.45) is 0 Å². The topological polar surface area (TPSA) is 48.1 Å². The summed E-state index contributed by atoms with van der Waals surface area (Å²) in [7, 11) is 0. The van der Waals surface area contributed by atoms with E-state index in [2.05, 4.69) is 4.98 Å². The number of nitrogens with two attached hydrogens (primary N) is 1. The summed E-state index contributed by atoms with van der Waals surface area (Å²) in [6.07, 6.45) is 1.57. The number of rotatable bonds is 2. The molecule has 2 aromatic rings. The molecule has 0 radical (unpaired) electrons. The summed E-state index contributed by atoms with van der Waals surface area (Å²) >= 11 is 11.7. The Hall–Kier alpha value is -1.45. The summed E-state index contributed by atoms with van der Waals surface area (Å²) in [6, 6.07) is 8.23. The van der Waals surface area contributed by atoms with E-state index in [1.165, 1.54) is 0 Å². The van der Waals surface area contributed by atoms with Crippen LogP contribution in [0.2, 0.25) is 10.0 Å². The molecule has 0 fully saturated rings. The van der Waals surface area contributed by atoms with Crippen LogP contribution in [-0.4, -0.2) is 4.98 Å². The molecule has 3 nitrogen and oxygen atoms in total. The van der Waals surface area contributed by atoms with Crippen LogP contribution < -0.4 is 10.5 Å². The van der Waals surface area contributed by atoms with Crippen LogP contribution in [0.5, 0.6) is 11.6 Å². The van der Waals surface area contributed by atoms with Gasteiger partial charge in [0.05, 0.1) is 0 Å². The van der Waals surface area contributed by atoms with Crippen molar-refractivity contribution in [3.63, 3.8) is 0 Å². The molecule has 0 saturated heterocycles. The molecule has 0 aliphatic heterocycles. The summed E-state index contributed by atoms with van der Waals surface area (Å²) in [5, 5.41) is 1.01. The fourth-order valence-corrected chi connectivity index (χ4v) is 1.69. The zero-order valence-electron chi connectivity index (χ0n) is 8.15. The van der Waals surface area contributed by atoms with E-state index in [1.807, 2.05) is 0 Å². The first-order chi connectivity index (χ1) is 7.63. The van der Waals surface area contributed by atoms with Gasteiger partial charge in [-0.3, -0.25) is 0 Å². The minimum atomic E-state index is 0.401. The van der Waals surface area contributed by atoms with E-state index >= 15 is 0 Å². The minimum Gasteiger partial charge on any atom is -0.439 e. The second kappa shape index (κ2) is 4.60. The predicted molar refractivity (Wildman–Crippen MR) is 65.2 cm³/mol. The van der Waals surface area contributed by atoms with Crippen LogP contribution in [0, 0.1) is 0 Å². The Bertz CT molecular complexity index is 497. The number of aromatic nitrogens is 1. The summed E-state index contributed by atoms with van der Waals surface area (Å²) in [4.78, 5) is 4.01.